The fourth-order valence-electron chi connectivity index (χ4n) is 2.39. The zero-order valence-electron chi connectivity index (χ0n) is 13.8. The molecule has 3 N–H and O–H groups in total. The van der Waals surface area contributed by atoms with Crippen LogP contribution >= 0.6 is 0 Å². The molecule has 24 heavy (non-hydrogen) atoms. The molecule has 1 aromatic heterocycles. The van der Waals surface area contributed by atoms with E-state index in [0.29, 0.717) is 24.2 Å². The van der Waals surface area contributed by atoms with Crippen LogP contribution in [0.25, 0.3) is 0 Å². The fraction of sp³-hybridized carbons (Fsp3) is 0.375. The number of sulfonamides is 1. The first-order valence-corrected chi connectivity index (χ1v) is 9.20. The molecule has 0 fully saturated rings. The number of carbonyl (C=O) groups is 1. The highest BCUT2D eigenvalue weighted by atomic mass is 32.2. The maximum absolute atomic E-state index is 12.2. The number of benzene rings is 1. The zero-order valence-corrected chi connectivity index (χ0v) is 14.6. The molecule has 0 radical (unpaired) electrons. The Morgan fingerprint density at radius 1 is 1.17 bits per heavy atom. The SMILES string of the molecule is Cc1n[nH]c(C)c1S(=O)(=O)NCCNC(=O)CCc1ccccc1. The molecule has 0 unspecified atom stereocenters. The van der Waals surface area contributed by atoms with Gasteiger partial charge in [0.1, 0.15) is 4.90 Å². The number of hydrogen-bond donors (Lipinski definition) is 3. The molecular weight excluding hydrogens is 328 g/mol. The minimum absolute atomic E-state index is 0.103. The van der Waals surface area contributed by atoms with E-state index in [0.717, 1.165) is 5.56 Å². The van der Waals surface area contributed by atoms with Crippen LogP contribution in [0.1, 0.15) is 23.4 Å². The van der Waals surface area contributed by atoms with Crippen molar-refractivity contribution in [3.8, 4) is 0 Å². The lowest BCUT2D eigenvalue weighted by Gasteiger charge is -2.08. The van der Waals surface area contributed by atoms with E-state index < -0.39 is 10.0 Å². The second-order valence-corrected chi connectivity index (χ2v) is 7.20. The van der Waals surface area contributed by atoms with Gasteiger partial charge in [0.2, 0.25) is 15.9 Å². The van der Waals surface area contributed by atoms with Crippen molar-refractivity contribution in [2.24, 2.45) is 0 Å². The van der Waals surface area contributed by atoms with Crippen molar-refractivity contribution in [2.75, 3.05) is 13.1 Å². The highest BCUT2D eigenvalue weighted by Crippen LogP contribution is 2.15. The van der Waals surface area contributed by atoms with E-state index in [9.17, 15) is 13.2 Å². The van der Waals surface area contributed by atoms with Crippen LogP contribution in [0.15, 0.2) is 35.2 Å². The van der Waals surface area contributed by atoms with Crippen LogP contribution in [0.5, 0.6) is 0 Å². The summed E-state index contributed by atoms with van der Waals surface area (Å²) in [6, 6.07) is 9.73. The van der Waals surface area contributed by atoms with Gasteiger partial charge in [-0.2, -0.15) is 5.10 Å². The third-order valence-electron chi connectivity index (χ3n) is 3.55. The Morgan fingerprint density at radius 2 is 1.88 bits per heavy atom. The van der Waals surface area contributed by atoms with Gasteiger partial charge < -0.3 is 5.32 Å². The molecule has 0 aliphatic rings. The van der Waals surface area contributed by atoms with Gasteiger partial charge in [-0.1, -0.05) is 30.3 Å². The second kappa shape index (κ2) is 8.07. The zero-order chi connectivity index (χ0) is 17.6. The van der Waals surface area contributed by atoms with Gasteiger partial charge in [0.15, 0.2) is 0 Å². The first kappa shape index (κ1) is 18.2. The average Bonchev–Trinajstić information content (AvgIpc) is 2.90. The average molecular weight is 350 g/mol. The number of H-pyrrole nitrogens is 1. The molecule has 0 saturated heterocycles. The van der Waals surface area contributed by atoms with Gasteiger partial charge >= 0.3 is 0 Å². The number of hydrogen-bond acceptors (Lipinski definition) is 4. The Morgan fingerprint density at radius 3 is 2.50 bits per heavy atom. The van der Waals surface area contributed by atoms with E-state index in [1.165, 1.54) is 0 Å². The first-order valence-electron chi connectivity index (χ1n) is 7.72. The van der Waals surface area contributed by atoms with Gasteiger partial charge in [-0.15, -0.1) is 0 Å². The third-order valence-corrected chi connectivity index (χ3v) is 5.28. The summed E-state index contributed by atoms with van der Waals surface area (Å²) in [5, 5.41) is 9.23. The van der Waals surface area contributed by atoms with Crippen molar-refractivity contribution >= 4 is 15.9 Å². The molecule has 0 aliphatic heterocycles. The van der Waals surface area contributed by atoms with Crippen LogP contribution in [0.3, 0.4) is 0 Å². The van der Waals surface area contributed by atoms with E-state index in [2.05, 4.69) is 20.2 Å². The molecule has 0 atom stereocenters. The van der Waals surface area contributed by atoms with Crippen LogP contribution in [0.2, 0.25) is 0 Å². The molecule has 8 heteroatoms. The normalized spacial score (nSPS) is 11.4. The lowest BCUT2D eigenvalue weighted by atomic mass is 10.1. The third kappa shape index (κ3) is 4.90. The van der Waals surface area contributed by atoms with Crippen LogP contribution in [0, 0.1) is 13.8 Å². The van der Waals surface area contributed by atoms with Crippen molar-refractivity contribution in [3.63, 3.8) is 0 Å². The van der Waals surface area contributed by atoms with E-state index in [1.807, 2.05) is 30.3 Å². The van der Waals surface area contributed by atoms with Crippen LogP contribution in [-0.2, 0) is 21.2 Å². The van der Waals surface area contributed by atoms with Crippen molar-refractivity contribution in [2.45, 2.75) is 31.6 Å². The summed E-state index contributed by atoms with van der Waals surface area (Å²) in [6.07, 6.45) is 1.03. The van der Waals surface area contributed by atoms with E-state index in [-0.39, 0.29) is 23.9 Å². The number of rotatable bonds is 8. The van der Waals surface area contributed by atoms with Crippen LogP contribution in [0.4, 0.5) is 0 Å². The Kier molecular flexibility index (Phi) is 6.10. The largest absolute Gasteiger partial charge is 0.355 e. The van der Waals surface area contributed by atoms with Gasteiger partial charge in [0.25, 0.3) is 0 Å². The predicted octanol–water partition coefficient (Wildman–Crippen LogP) is 1.05. The van der Waals surface area contributed by atoms with Gasteiger partial charge in [-0.3, -0.25) is 9.89 Å². The Balaban J connectivity index is 1.73. The summed E-state index contributed by atoms with van der Waals surface area (Å²) in [4.78, 5) is 11.9. The molecule has 0 aliphatic carbocycles. The van der Waals surface area contributed by atoms with Crippen molar-refractivity contribution in [3.05, 3.63) is 47.3 Å². The van der Waals surface area contributed by atoms with Gasteiger partial charge in [-0.05, 0) is 25.8 Å². The Hall–Kier alpha value is -2.19. The predicted molar refractivity (Wildman–Crippen MR) is 91.0 cm³/mol. The monoisotopic (exact) mass is 350 g/mol. The molecule has 2 rings (SSSR count). The van der Waals surface area contributed by atoms with E-state index in [1.54, 1.807) is 13.8 Å². The highest BCUT2D eigenvalue weighted by Gasteiger charge is 2.21. The molecule has 1 aromatic carbocycles. The van der Waals surface area contributed by atoms with Gasteiger partial charge in [0.05, 0.1) is 11.4 Å². The number of nitrogens with one attached hydrogen (secondary N) is 3. The van der Waals surface area contributed by atoms with Gasteiger partial charge in [-0.25, -0.2) is 13.1 Å². The minimum atomic E-state index is -3.63. The second-order valence-electron chi connectivity index (χ2n) is 5.50. The van der Waals surface area contributed by atoms with Gasteiger partial charge in [0, 0.05) is 19.5 Å². The van der Waals surface area contributed by atoms with Crippen molar-refractivity contribution in [1.29, 1.82) is 0 Å². The Bertz CT molecular complexity index is 765. The molecule has 0 saturated carbocycles. The number of aryl methyl sites for hydroxylation is 3. The summed E-state index contributed by atoms with van der Waals surface area (Å²) >= 11 is 0. The molecule has 1 heterocycles. The molecule has 0 bridgehead atoms. The van der Waals surface area contributed by atoms with Crippen molar-refractivity contribution < 1.29 is 13.2 Å². The molecule has 2 aromatic rings. The standard InChI is InChI=1S/C16H22N4O3S/c1-12-16(13(2)20-19-12)24(22,23)18-11-10-17-15(21)9-8-14-6-4-3-5-7-14/h3-7,18H,8-11H2,1-2H3,(H,17,21)(H,19,20). The molecule has 1 amide bonds. The van der Waals surface area contributed by atoms with E-state index in [4.69, 9.17) is 0 Å². The summed E-state index contributed by atoms with van der Waals surface area (Å²) < 4.78 is 26.9. The highest BCUT2D eigenvalue weighted by molar-refractivity contribution is 7.89. The first-order chi connectivity index (χ1) is 11.4. The number of amides is 1. The number of aromatic amines is 1. The number of carbonyl (C=O) groups excluding carboxylic acids is 1. The smallest absolute Gasteiger partial charge is 0.244 e. The van der Waals surface area contributed by atoms with E-state index >= 15 is 0 Å². The maximum Gasteiger partial charge on any atom is 0.244 e. The molecule has 0 spiro atoms. The summed E-state index contributed by atoms with van der Waals surface area (Å²) in [7, 11) is -3.63. The quantitative estimate of drug-likeness (QED) is 0.619. The topological polar surface area (TPSA) is 104 Å². The van der Waals surface area contributed by atoms with Crippen LogP contribution in [-0.4, -0.2) is 37.6 Å². The Labute approximate surface area is 141 Å². The summed E-state index contributed by atoms with van der Waals surface area (Å²) in [6.45, 7) is 3.65. The fourth-order valence-corrected chi connectivity index (χ4v) is 3.79. The molecular formula is C16H22N4O3S. The summed E-state index contributed by atoms with van der Waals surface area (Å²) in [5.41, 5.74) is 2.01. The lowest BCUT2D eigenvalue weighted by molar-refractivity contribution is -0.121. The molecule has 130 valence electrons. The van der Waals surface area contributed by atoms with Crippen molar-refractivity contribution in [1.82, 2.24) is 20.2 Å². The lowest BCUT2D eigenvalue weighted by Crippen LogP contribution is -2.35. The number of nitrogens with zero attached hydrogens (tertiary/aromatic N) is 1. The maximum atomic E-state index is 12.2. The number of aromatic nitrogens is 2. The van der Waals surface area contributed by atoms with Crippen LogP contribution < -0.4 is 10.0 Å². The summed E-state index contributed by atoms with van der Waals surface area (Å²) in [5.74, 6) is -0.103. The molecule has 7 nitrogen and oxygen atoms in total. The minimum Gasteiger partial charge on any atom is -0.355 e.